The van der Waals surface area contributed by atoms with Crippen LogP contribution in [-0.2, 0) is 0 Å². The van der Waals surface area contributed by atoms with Crippen molar-refractivity contribution in [1.29, 1.82) is 0 Å². The molecule has 82 valence electrons. The summed E-state index contributed by atoms with van der Waals surface area (Å²) < 4.78 is 14.2. The van der Waals surface area contributed by atoms with Crippen LogP contribution in [0.25, 0.3) is 0 Å². The van der Waals surface area contributed by atoms with Crippen LogP contribution < -0.4 is 5.73 Å². The van der Waals surface area contributed by atoms with E-state index < -0.39 is 0 Å². The van der Waals surface area contributed by atoms with Gasteiger partial charge in [0.25, 0.3) is 0 Å². The standard InChI is InChI=1S/C12H15BrFN/c1-8(2)3-6-12(15)10-5-4-9(13)7-11(10)14/h4-5,7,12H,1,3,6,15H2,2H3. The van der Waals surface area contributed by atoms with E-state index in [9.17, 15) is 4.39 Å². The third-order valence-electron chi connectivity index (χ3n) is 2.24. The maximum absolute atomic E-state index is 13.5. The second-order valence-corrected chi connectivity index (χ2v) is 4.68. The Balaban J connectivity index is 2.73. The van der Waals surface area contributed by atoms with Gasteiger partial charge in [0.1, 0.15) is 5.82 Å². The van der Waals surface area contributed by atoms with E-state index in [0.29, 0.717) is 5.56 Å². The quantitative estimate of drug-likeness (QED) is 0.825. The van der Waals surface area contributed by atoms with E-state index >= 15 is 0 Å². The second kappa shape index (κ2) is 5.42. The average molecular weight is 272 g/mol. The Hall–Kier alpha value is -0.670. The SMILES string of the molecule is C=C(C)CCC(N)c1ccc(Br)cc1F. The fraction of sp³-hybridized carbons (Fsp3) is 0.333. The van der Waals surface area contributed by atoms with Crippen LogP contribution in [-0.4, -0.2) is 0 Å². The Morgan fingerprint density at radius 3 is 2.80 bits per heavy atom. The Morgan fingerprint density at radius 2 is 2.27 bits per heavy atom. The molecule has 1 rings (SSSR count). The third kappa shape index (κ3) is 3.76. The summed E-state index contributed by atoms with van der Waals surface area (Å²) in [7, 11) is 0. The number of rotatable bonds is 4. The van der Waals surface area contributed by atoms with Crippen LogP contribution in [0, 0.1) is 5.82 Å². The van der Waals surface area contributed by atoms with E-state index in [-0.39, 0.29) is 11.9 Å². The van der Waals surface area contributed by atoms with Crippen molar-refractivity contribution >= 4 is 15.9 Å². The van der Waals surface area contributed by atoms with Crippen LogP contribution in [0.2, 0.25) is 0 Å². The predicted molar refractivity (Wildman–Crippen MR) is 65.1 cm³/mol. The minimum absolute atomic E-state index is 0.251. The number of allylic oxidation sites excluding steroid dienone is 1. The topological polar surface area (TPSA) is 26.0 Å². The molecule has 0 fully saturated rings. The maximum atomic E-state index is 13.5. The molecule has 0 heterocycles. The van der Waals surface area contributed by atoms with Gasteiger partial charge in [-0.05, 0) is 31.9 Å². The average Bonchev–Trinajstić information content (AvgIpc) is 2.14. The number of nitrogens with two attached hydrogens (primary N) is 1. The molecule has 3 heteroatoms. The van der Waals surface area contributed by atoms with E-state index in [4.69, 9.17) is 5.73 Å². The zero-order valence-corrected chi connectivity index (χ0v) is 10.3. The molecule has 0 aromatic heterocycles. The predicted octanol–water partition coefficient (Wildman–Crippen LogP) is 3.94. The van der Waals surface area contributed by atoms with Crippen molar-refractivity contribution in [3.05, 3.63) is 46.2 Å². The monoisotopic (exact) mass is 271 g/mol. The maximum Gasteiger partial charge on any atom is 0.129 e. The highest BCUT2D eigenvalue weighted by molar-refractivity contribution is 9.10. The summed E-state index contributed by atoms with van der Waals surface area (Å²) in [6.45, 7) is 5.75. The van der Waals surface area contributed by atoms with Gasteiger partial charge in [0, 0.05) is 16.1 Å². The van der Waals surface area contributed by atoms with Crippen molar-refractivity contribution in [2.24, 2.45) is 5.73 Å². The van der Waals surface area contributed by atoms with E-state index in [1.54, 1.807) is 12.1 Å². The van der Waals surface area contributed by atoms with Crippen LogP contribution in [0.15, 0.2) is 34.8 Å². The Bertz CT molecular complexity index is 363. The van der Waals surface area contributed by atoms with Crippen molar-refractivity contribution in [1.82, 2.24) is 0 Å². The molecule has 0 aliphatic heterocycles. The first-order chi connectivity index (χ1) is 7.00. The molecule has 0 radical (unpaired) electrons. The van der Waals surface area contributed by atoms with E-state index in [1.807, 2.05) is 6.92 Å². The van der Waals surface area contributed by atoms with Gasteiger partial charge >= 0.3 is 0 Å². The minimum Gasteiger partial charge on any atom is -0.324 e. The molecule has 0 aliphatic rings. The van der Waals surface area contributed by atoms with Crippen molar-refractivity contribution in [2.45, 2.75) is 25.8 Å². The van der Waals surface area contributed by atoms with Crippen LogP contribution in [0.1, 0.15) is 31.4 Å². The van der Waals surface area contributed by atoms with E-state index in [1.165, 1.54) is 6.07 Å². The number of hydrogen-bond acceptors (Lipinski definition) is 1. The van der Waals surface area contributed by atoms with Gasteiger partial charge in [0.15, 0.2) is 0 Å². The van der Waals surface area contributed by atoms with Crippen molar-refractivity contribution in [2.75, 3.05) is 0 Å². The Kier molecular flexibility index (Phi) is 4.48. The van der Waals surface area contributed by atoms with Crippen molar-refractivity contribution < 1.29 is 4.39 Å². The fourth-order valence-corrected chi connectivity index (χ4v) is 1.69. The molecular formula is C12H15BrFN. The zero-order valence-electron chi connectivity index (χ0n) is 8.76. The van der Waals surface area contributed by atoms with Gasteiger partial charge in [0.05, 0.1) is 0 Å². The van der Waals surface area contributed by atoms with Gasteiger partial charge in [-0.25, -0.2) is 4.39 Å². The molecule has 0 saturated heterocycles. The molecule has 0 spiro atoms. The van der Waals surface area contributed by atoms with Gasteiger partial charge in [-0.1, -0.05) is 27.6 Å². The lowest BCUT2D eigenvalue weighted by Crippen LogP contribution is -2.12. The summed E-state index contributed by atoms with van der Waals surface area (Å²) in [5, 5.41) is 0. The van der Waals surface area contributed by atoms with Crippen molar-refractivity contribution in [3.8, 4) is 0 Å². The molecule has 1 aromatic rings. The highest BCUT2D eigenvalue weighted by Crippen LogP contribution is 2.23. The summed E-state index contributed by atoms with van der Waals surface area (Å²) in [5.74, 6) is -0.251. The van der Waals surface area contributed by atoms with Gasteiger partial charge in [-0.3, -0.25) is 0 Å². The molecular weight excluding hydrogens is 257 g/mol. The molecule has 0 amide bonds. The highest BCUT2D eigenvalue weighted by atomic mass is 79.9. The lowest BCUT2D eigenvalue weighted by Gasteiger charge is -2.13. The first kappa shape index (κ1) is 12.4. The lowest BCUT2D eigenvalue weighted by atomic mass is 10.0. The summed E-state index contributed by atoms with van der Waals surface area (Å²) in [6, 6.07) is 4.71. The largest absolute Gasteiger partial charge is 0.324 e. The summed E-state index contributed by atoms with van der Waals surface area (Å²) in [6.07, 6.45) is 1.56. The third-order valence-corrected chi connectivity index (χ3v) is 2.74. The van der Waals surface area contributed by atoms with Crippen LogP contribution in [0.5, 0.6) is 0 Å². The fourth-order valence-electron chi connectivity index (χ4n) is 1.36. The Labute approximate surface area is 98.3 Å². The molecule has 1 unspecified atom stereocenters. The van der Waals surface area contributed by atoms with Gasteiger partial charge in [-0.2, -0.15) is 0 Å². The molecule has 0 saturated carbocycles. The van der Waals surface area contributed by atoms with Gasteiger partial charge < -0.3 is 5.73 Å². The highest BCUT2D eigenvalue weighted by Gasteiger charge is 2.11. The van der Waals surface area contributed by atoms with Gasteiger partial charge in [0.2, 0.25) is 0 Å². The summed E-state index contributed by atoms with van der Waals surface area (Å²) in [5.41, 5.74) is 7.54. The van der Waals surface area contributed by atoms with E-state index in [2.05, 4.69) is 22.5 Å². The zero-order chi connectivity index (χ0) is 11.4. The molecule has 1 aromatic carbocycles. The second-order valence-electron chi connectivity index (χ2n) is 3.77. The number of benzene rings is 1. The van der Waals surface area contributed by atoms with Crippen LogP contribution in [0.4, 0.5) is 4.39 Å². The number of halogens is 2. The first-order valence-corrected chi connectivity index (χ1v) is 5.65. The molecule has 15 heavy (non-hydrogen) atoms. The molecule has 0 aliphatic carbocycles. The van der Waals surface area contributed by atoms with Crippen LogP contribution in [0.3, 0.4) is 0 Å². The molecule has 2 N–H and O–H groups in total. The smallest absolute Gasteiger partial charge is 0.129 e. The van der Waals surface area contributed by atoms with Crippen molar-refractivity contribution in [3.63, 3.8) is 0 Å². The lowest BCUT2D eigenvalue weighted by molar-refractivity contribution is 0.562. The normalized spacial score (nSPS) is 12.5. The molecule has 1 atom stereocenters. The van der Waals surface area contributed by atoms with Gasteiger partial charge in [-0.15, -0.1) is 6.58 Å². The number of hydrogen-bond donors (Lipinski definition) is 1. The first-order valence-electron chi connectivity index (χ1n) is 4.85. The summed E-state index contributed by atoms with van der Waals surface area (Å²) >= 11 is 3.21. The summed E-state index contributed by atoms with van der Waals surface area (Å²) in [4.78, 5) is 0. The molecule has 0 bridgehead atoms. The van der Waals surface area contributed by atoms with Crippen LogP contribution >= 0.6 is 15.9 Å². The molecule has 1 nitrogen and oxygen atoms in total. The Morgan fingerprint density at radius 1 is 1.60 bits per heavy atom. The van der Waals surface area contributed by atoms with E-state index in [0.717, 1.165) is 22.9 Å². The minimum atomic E-state index is -0.255.